The summed E-state index contributed by atoms with van der Waals surface area (Å²) < 4.78 is 0. The van der Waals surface area contributed by atoms with Gasteiger partial charge in [0, 0.05) is 18.4 Å². The first-order valence-corrected chi connectivity index (χ1v) is 7.12. The van der Waals surface area contributed by atoms with Gasteiger partial charge in [0.05, 0.1) is 6.42 Å². The monoisotopic (exact) mass is 329 g/mol. The van der Waals surface area contributed by atoms with Crippen LogP contribution in [0.4, 0.5) is 0 Å². The Kier molecular flexibility index (Phi) is 8.89. The average Bonchev–Trinajstić information content (AvgIpc) is 2.45. The van der Waals surface area contributed by atoms with Gasteiger partial charge in [-0.15, -0.1) is 0 Å². The normalized spacial score (nSPS) is 13.3. The second-order valence-corrected chi connectivity index (χ2v) is 4.99. The Morgan fingerprint density at radius 2 is 1.95 bits per heavy atom. The maximum absolute atomic E-state index is 11.9. The highest BCUT2D eigenvalue weighted by Gasteiger charge is 2.36. The van der Waals surface area contributed by atoms with E-state index in [0.29, 0.717) is 19.3 Å². The average molecular weight is 329 g/mol. The van der Waals surface area contributed by atoms with Gasteiger partial charge in [-0.25, -0.2) is 9.69 Å². The van der Waals surface area contributed by atoms with E-state index in [1.165, 1.54) is 6.08 Å². The van der Waals surface area contributed by atoms with Crippen LogP contribution in [0.25, 0.3) is 0 Å². The lowest BCUT2D eigenvalue weighted by atomic mass is 9.98. The summed E-state index contributed by atoms with van der Waals surface area (Å²) in [5, 5.41) is 26.3. The largest absolute Gasteiger partial charge is 0.480 e. The SMILES string of the molecule is N#CN(CCCC/C=C\C(=O)O)C(=O)C[C@@](N)(CS)C(=O)O. The zero-order chi connectivity index (χ0) is 17.2. The number of rotatable bonds is 10. The number of hydrogen-bond acceptors (Lipinski definition) is 6. The molecule has 0 aromatic heterocycles. The number of allylic oxidation sites excluding steroid dienone is 1. The second kappa shape index (κ2) is 9.81. The number of carboxylic acids is 2. The number of nitrogens with zero attached hydrogens (tertiary/aromatic N) is 2. The van der Waals surface area contributed by atoms with Crippen molar-refractivity contribution in [1.82, 2.24) is 4.90 Å². The third-order valence-electron chi connectivity index (χ3n) is 2.86. The van der Waals surface area contributed by atoms with Crippen molar-refractivity contribution in [1.29, 1.82) is 5.26 Å². The Hall–Kier alpha value is -2.05. The number of thiol groups is 1. The lowest BCUT2D eigenvalue weighted by Gasteiger charge is -2.23. The van der Waals surface area contributed by atoms with Crippen LogP contribution in [-0.2, 0) is 14.4 Å². The van der Waals surface area contributed by atoms with Gasteiger partial charge in [-0.05, 0) is 19.3 Å². The van der Waals surface area contributed by atoms with Crippen molar-refractivity contribution in [2.75, 3.05) is 12.3 Å². The second-order valence-electron chi connectivity index (χ2n) is 4.68. The van der Waals surface area contributed by atoms with E-state index >= 15 is 0 Å². The Morgan fingerprint density at radius 3 is 2.41 bits per heavy atom. The fourth-order valence-electron chi connectivity index (χ4n) is 1.51. The van der Waals surface area contributed by atoms with Gasteiger partial charge in [0.25, 0.3) is 0 Å². The quantitative estimate of drug-likeness (QED) is 0.147. The summed E-state index contributed by atoms with van der Waals surface area (Å²) in [6.07, 6.45) is 5.26. The highest BCUT2D eigenvalue weighted by molar-refractivity contribution is 7.80. The molecule has 0 bridgehead atoms. The summed E-state index contributed by atoms with van der Waals surface area (Å²) in [5.41, 5.74) is 3.75. The van der Waals surface area contributed by atoms with E-state index < -0.39 is 29.8 Å². The third-order valence-corrected chi connectivity index (χ3v) is 3.42. The van der Waals surface area contributed by atoms with Crippen LogP contribution >= 0.6 is 12.6 Å². The number of aliphatic carboxylic acids is 2. The van der Waals surface area contributed by atoms with E-state index in [1.54, 1.807) is 6.19 Å². The first-order chi connectivity index (χ1) is 10.3. The molecule has 22 heavy (non-hydrogen) atoms. The summed E-state index contributed by atoms with van der Waals surface area (Å²) in [4.78, 5) is 34.0. The number of nitrogens with two attached hydrogens (primary N) is 1. The molecule has 0 saturated carbocycles. The van der Waals surface area contributed by atoms with Gasteiger partial charge in [-0.1, -0.05) is 6.08 Å². The van der Waals surface area contributed by atoms with E-state index in [-0.39, 0.29) is 12.3 Å². The van der Waals surface area contributed by atoms with Crippen molar-refractivity contribution in [2.45, 2.75) is 31.2 Å². The Morgan fingerprint density at radius 1 is 1.32 bits per heavy atom. The molecule has 0 aliphatic rings. The smallest absolute Gasteiger partial charge is 0.327 e. The summed E-state index contributed by atoms with van der Waals surface area (Å²) in [5.74, 6) is -3.29. The molecule has 0 radical (unpaired) electrons. The van der Waals surface area contributed by atoms with Crippen molar-refractivity contribution in [3.63, 3.8) is 0 Å². The Labute approximate surface area is 133 Å². The van der Waals surface area contributed by atoms with Crippen molar-refractivity contribution in [2.24, 2.45) is 5.73 Å². The molecule has 122 valence electrons. The minimum absolute atomic E-state index is 0.124. The highest BCUT2D eigenvalue weighted by Crippen LogP contribution is 2.12. The summed E-state index contributed by atoms with van der Waals surface area (Å²) >= 11 is 3.82. The number of carbonyl (C=O) groups is 3. The van der Waals surface area contributed by atoms with E-state index in [9.17, 15) is 14.4 Å². The summed E-state index contributed by atoms with van der Waals surface area (Å²) in [7, 11) is 0. The van der Waals surface area contributed by atoms with Crippen molar-refractivity contribution >= 4 is 30.5 Å². The van der Waals surface area contributed by atoms with Crippen molar-refractivity contribution in [3.05, 3.63) is 12.2 Å². The van der Waals surface area contributed by atoms with Crippen LogP contribution in [0.3, 0.4) is 0 Å². The van der Waals surface area contributed by atoms with Gasteiger partial charge in [-0.3, -0.25) is 9.59 Å². The first-order valence-electron chi connectivity index (χ1n) is 6.49. The van der Waals surface area contributed by atoms with E-state index in [4.69, 9.17) is 21.2 Å². The van der Waals surface area contributed by atoms with E-state index in [1.807, 2.05) is 0 Å². The molecule has 0 heterocycles. The topological polar surface area (TPSA) is 145 Å². The number of hydrogen-bond donors (Lipinski definition) is 4. The number of unbranched alkanes of at least 4 members (excludes halogenated alkanes) is 2. The molecule has 0 aromatic rings. The molecule has 0 fully saturated rings. The standard InChI is InChI=1S/C13H19N3O5S/c14-9-16(6-4-2-1-3-5-11(18)19)10(17)7-13(15,8-22)12(20)21/h3,5,22H,1-2,4,6-8,15H2,(H,18,19)(H,20,21)/b5-3-/t13-/m1/s1. The zero-order valence-corrected chi connectivity index (χ0v) is 12.8. The van der Waals surface area contributed by atoms with Gasteiger partial charge < -0.3 is 15.9 Å². The molecule has 0 unspecified atom stereocenters. The van der Waals surface area contributed by atoms with Crippen molar-refractivity contribution in [3.8, 4) is 6.19 Å². The number of amides is 1. The molecule has 9 heteroatoms. The third kappa shape index (κ3) is 7.10. The molecule has 8 nitrogen and oxygen atoms in total. The van der Waals surface area contributed by atoms with Gasteiger partial charge in [0.15, 0.2) is 6.19 Å². The molecule has 0 saturated heterocycles. The fourth-order valence-corrected chi connectivity index (χ4v) is 1.76. The van der Waals surface area contributed by atoms with Crippen LogP contribution in [-0.4, -0.2) is 50.8 Å². The van der Waals surface area contributed by atoms with Crippen molar-refractivity contribution < 1.29 is 24.6 Å². The van der Waals surface area contributed by atoms with Crippen LogP contribution in [0.5, 0.6) is 0 Å². The lowest BCUT2D eigenvalue weighted by Crippen LogP contribution is -2.53. The molecule has 0 aliphatic heterocycles. The van der Waals surface area contributed by atoms with Crippen LogP contribution in [0.1, 0.15) is 25.7 Å². The van der Waals surface area contributed by atoms with Crippen LogP contribution < -0.4 is 5.73 Å². The fraction of sp³-hybridized carbons (Fsp3) is 0.538. The van der Waals surface area contributed by atoms with Gasteiger partial charge in [0.1, 0.15) is 5.54 Å². The molecule has 0 aliphatic carbocycles. The minimum atomic E-state index is -1.81. The first kappa shape index (κ1) is 19.9. The van der Waals surface area contributed by atoms with Gasteiger partial charge >= 0.3 is 11.9 Å². The van der Waals surface area contributed by atoms with E-state index in [2.05, 4.69) is 12.6 Å². The summed E-state index contributed by atoms with van der Waals surface area (Å²) in [6, 6.07) is 0. The number of nitriles is 1. The zero-order valence-electron chi connectivity index (χ0n) is 11.9. The molecular weight excluding hydrogens is 310 g/mol. The van der Waals surface area contributed by atoms with Gasteiger partial charge in [0.2, 0.25) is 5.91 Å². The predicted octanol–water partition coefficient (Wildman–Crippen LogP) is 0.209. The Bertz CT molecular complexity index is 489. The predicted molar refractivity (Wildman–Crippen MR) is 81.0 cm³/mol. The highest BCUT2D eigenvalue weighted by atomic mass is 32.1. The maximum atomic E-state index is 11.9. The van der Waals surface area contributed by atoms with Crippen LogP contribution in [0.2, 0.25) is 0 Å². The van der Waals surface area contributed by atoms with Gasteiger partial charge in [-0.2, -0.15) is 17.9 Å². The Balaban J connectivity index is 4.36. The molecule has 0 rings (SSSR count). The molecule has 0 spiro atoms. The van der Waals surface area contributed by atoms with E-state index in [0.717, 1.165) is 11.0 Å². The lowest BCUT2D eigenvalue weighted by molar-refractivity contribution is -0.146. The molecule has 4 N–H and O–H groups in total. The van der Waals surface area contributed by atoms with Crippen LogP contribution in [0, 0.1) is 11.5 Å². The number of carboxylic acid groups (broad SMARTS) is 2. The molecular formula is C13H19N3O5S. The van der Waals surface area contributed by atoms with Crippen LogP contribution in [0.15, 0.2) is 12.2 Å². The molecule has 0 aromatic carbocycles. The summed E-state index contributed by atoms with van der Waals surface area (Å²) in [6.45, 7) is 0.124. The minimum Gasteiger partial charge on any atom is -0.480 e. The molecule has 1 atom stereocenters. The maximum Gasteiger partial charge on any atom is 0.327 e. The number of carbonyl (C=O) groups excluding carboxylic acids is 1. The molecule has 1 amide bonds.